The maximum atomic E-state index is 5.45. The Morgan fingerprint density at radius 1 is 1.26 bits per heavy atom. The second-order valence-corrected chi connectivity index (χ2v) is 6.03. The Bertz CT molecular complexity index is 819. The summed E-state index contributed by atoms with van der Waals surface area (Å²) in [7, 11) is 1.64. The van der Waals surface area contributed by atoms with Crippen LogP contribution < -0.4 is 4.74 Å². The van der Waals surface area contributed by atoms with Crippen molar-refractivity contribution >= 4 is 0 Å². The number of nitrogens with zero attached hydrogens (tertiary/aromatic N) is 3. The number of aromatic nitrogens is 4. The molecule has 1 N–H and O–H groups in total. The summed E-state index contributed by atoms with van der Waals surface area (Å²) in [6, 6.07) is 7.58. The van der Waals surface area contributed by atoms with Gasteiger partial charge in [-0.2, -0.15) is 10.1 Å². The zero-order valence-electron chi connectivity index (χ0n) is 13.2. The lowest BCUT2D eigenvalue weighted by Gasteiger charge is -2.17. The highest BCUT2D eigenvalue weighted by atomic mass is 16.5. The normalized spacial score (nSPS) is 17.0. The molecule has 118 valence electrons. The molecule has 1 aromatic carbocycles. The lowest BCUT2D eigenvalue weighted by Crippen LogP contribution is -2.10. The first-order chi connectivity index (χ1) is 11.2. The lowest BCUT2D eigenvalue weighted by molar-refractivity contribution is 0.414. The minimum absolute atomic E-state index is 0.474. The van der Waals surface area contributed by atoms with Gasteiger partial charge in [0.15, 0.2) is 5.69 Å². The summed E-state index contributed by atoms with van der Waals surface area (Å²) < 4.78 is 10.6. The van der Waals surface area contributed by atoms with E-state index in [-0.39, 0.29) is 0 Å². The van der Waals surface area contributed by atoms with Crippen LogP contribution >= 0.6 is 0 Å². The lowest BCUT2D eigenvalue weighted by atomic mass is 9.88. The van der Waals surface area contributed by atoms with Crippen molar-refractivity contribution in [2.75, 3.05) is 7.11 Å². The van der Waals surface area contributed by atoms with E-state index in [4.69, 9.17) is 9.26 Å². The second-order valence-electron chi connectivity index (χ2n) is 6.03. The van der Waals surface area contributed by atoms with Crippen molar-refractivity contribution in [1.82, 2.24) is 20.3 Å². The Hall–Kier alpha value is -2.63. The van der Waals surface area contributed by atoms with Crippen molar-refractivity contribution in [2.45, 2.75) is 26.2 Å². The van der Waals surface area contributed by atoms with E-state index < -0.39 is 0 Å². The minimum atomic E-state index is 0.474. The van der Waals surface area contributed by atoms with Crippen LogP contribution in [0, 0.1) is 5.92 Å². The predicted molar refractivity (Wildman–Crippen MR) is 85.1 cm³/mol. The monoisotopic (exact) mass is 310 g/mol. The van der Waals surface area contributed by atoms with E-state index in [0.717, 1.165) is 29.8 Å². The zero-order chi connectivity index (χ0) is 15.8. The first kappa shape index (κ1) is 14.0. The number of fused-ring (bicyclic) bond motifs is 1. The maximum Gasteiger partial charge on any atom is 0.279 e. The third-order valence-electron chi connectivity index (χ3n) is 4.37. The topological polar surface area (TPSA) is 76.8 Å². The fraction of sp³-hybridized carbons (Fsp3) is 0.353. The van der Waals surface area contributed by atoms with Crippen LogP contribution in [-0.2, 0) is 12.8 Å². The van der Waals surface area contributed by atoms with Crippen LogP contribution in [0.2, 0.25) is 0 Å². The molecule has 23 heavy (non-hydrogen) atoms. The SMILES string of the molecule is COc1ccc(-c2noc(-c3n[nH]c4c3C[C@H](C)CC4)n2)cc1. The number of aromatic amines is 1. The Labute approximate surface area is 133 Å². The molecule has 1 aliphatic rings. The van der Waals surface area contributed by atoms with Crippen LogP contribution in [0.4, 0.5) is 0 Å². The number of methoxy groups -OCH3 is 1. The molecule has 2 heterocycles. The summed E-state index contributed by atoms with van der Waals surface area (Å²) in [5, 5.41) is 11.6. The molecule has 0 bridgehead atoms. The smallest absolute Gasteiger partial charge is 0.279 e. The Morgan fingerprint density at radius 3 is 2.87 bits per heavy atom. The van der Waals surface area contributed by atoms with E-state index in [1.165, 1.54) is 17.7 Å². The van der Waals surface area contributed by atoms with Gasteiger partial charge in [0.2, 0.25) is 5.82 Å². The molecule has 3 aromatic rings. The Balaban J connectivity index is 1.67. The maximum absolute atomic E-state index is 5.45. The molecule has 6 nitrogen and oxygen atoms in total. The summed E-state index contributed by atoms with van der Waals surface area (Å²) in [6.45, 7) is 2.26. The van der Waals surface area contributed by atoms with Crippen LogP contribution in [0.15, 0.2) is 28.8 Å². The molecule has 0 amide bonds. The van der Waals surface area contributed by atoms with Crippen molar-refractivity contribution in [3.8, 4) is 28.7 Å². The van der Waals surface area contributed by atoms with E-state index in [0.29, 0.717) is 17.6 Å². The highest BCUT2D eigenvalue weighted by molar-refractivity contribution is 5.61. The third kappa shape index (κ3) is 2.50. The van der Waals surface area contributed by atoms with Gasteiger partial charge in [0.1, 0.15) is 5.75 Å². The second kappa shape index (κ2) is 5.53. The molecular weight excluding hydrogens is 292 g/mol. The van der Waals surface area contributed by atoms with Gasteiger partial charge in [-0.25, -0.2) is 0 Å². The molecule has 6 heteroatoms. The van der Waals surface area contributed by atoms with E-state index in [1.54, 1.807) is 7.11 Å². The first-order valence-corrected chi connectivity index (χ1v) is 7.79. The van der Waals surface area contributed by atoms with Gasteiger partial charge in [0.05, 0.1) is 7.11 Å². The number of nitrogens with one attached hydrogen (secondary N) is 1. The predicted octanol–water partition coefficient (Wildman–Crippen LogP) is 3.26. The third-order valence-corrected chi connectivity index (χ3v) is 4.37. The summed E-state index contributed by atoms with van der Waals surface area (Å²) in [5.41, 5.74) is 4.09. The van der Waals surface area contributed by atoms with Crippen molar-refractivity contribution < 1.29 is 9.26 Å². The van der Waals surface area contributed by atoms with Crippen LogP contribution in [0.3, 0.4) is 0 Å². The van der Waals surface area contributed by atoms with E-state index in [9.17, 15) is 0 Å². The Morgan fingerprint density at radius 2 is 2.09 bits per heavy atom. The highest BCUT2D eigenvalue weighted by Gasteiger charge is 2.25. The largest absolute Gasteiger partial charge is 0.497 e. The molecular formula is C17H18N4O2. The molecule has 0 radical (unpaired) electrons. The Kier molecular flexibility index (Phi) is 3.37. The van der Waals surface area contributed by atoms with Crippen LogP contribution in [-0.4, -0.2) is 27.4 Å². The molecule has 0 unspecified atom stereocenters. The minimum Gasteiger partial charge on any atom is -0.497 e. The van der Waals surface area contributed by atoms with Crippen LogP contribution in [0.1, 0.15) is 24.6 Å². The van der Waals surface area contributed by atoms with Gasteiger partial charge in [0.25, 0.3) is 5.89 Å². The highest BCUT2D eigenvalue weighted by Crippen LogP contribution is 2.32. The van der Waals surface area contributed by atoms with Crippen molar-refractivity contribution in [2.24, 2.45) is 5.92 Å². The zero-order valence-corrected chi connectivity index (χ0v) is 13.2. The van der Waals surface area contributed by atoms with Gasteiger partial charge in [0, 0.05) is 16.8 Å². The number of hydrogen-bond donors (Lipinski definition) is 1. The number of ether oxygens (including phenoxy) is 1. The molecule has 4 rings (SSSR count). The molecule has 0 aliphatic heterocycles. The summed E-state index contributed by atoms with van der Waals surface area (Å²) in [4.78, 5) is 4.51. The summed E-state index contributed by atoms with van der Waals surface area (Å²) >= 11 is 0. The fourth-order valence-corrected chi connectivity index (χ4v) is 3.02. The van der Waals surface area contributed by atoms with E-state index in [1.807, 2.05) is 24.3 Å². The number of hydrogen-bond acceptors (Lipinski definition) is 5. The number of rotatable bonds is 3. The van der Waals surface area contributed by atoms with Gasteiger partial charge in [-0.3, -0.25) is 5.10 Å². The molecule has 1 aliphatic carbocycles. The van der Waals surface area contributed by atoms with Crippen LogP contribution in [0.5, 0.6) is 5.75 Å². The standard InChI is InChI=1S/C17H18N4O2/c1-10-3-8-14-13(9-10)15(20-19-14)17-18-16(21-23-17)11-4-6-12(22-2)7-5-11/h4-7,10H,3,8-9H2,1-2H3,(H,19,20)/t10-/m1/s1. The molecule has 1 atom stereocenters. The molecule has 0 spiro atoms. The van der Waals surface area contributed by atoms with Crippen molar-refractivity contribution in [3.05, 3.63) is 35.5 Å². The van der Waals surface area contributed by atoms with E-state index in [2.05, 4.69) is 27.3 Å². The van der Waals surface area contributed by atoms with Gasteiger partial charge < -0.3 is 9.26 Å². The molecule has 2 aromatic heterocycles. The number of aryl methyl sites for hydroxylation is 1. The average Bonchev–Trinajstić information content (AvgIpc) is 3.21. The van der Waals surface area contributed by atoms with Gasteiger partial charge in [-0.1, -0.05) is 12.1 Å². The van der Waals surface area contributed by atoms with Crippen molar-refractivity contribution in [3.63, 3.8) is 0 Å². The van der Waals surface area contributed by atoms with Gasteiger partial charge in [-0.05, 0) is 49.4 Å². The quantitative estimate of drug-likeness (QED) is 0.803. The van der Waals surface area contributed by atoms with E-state index >= 15 is 0 Å². The van der Waals surface area contributed by atoms with Gasteiger partial charge >= 0.3 is 0 Å². The summed E-state index contributed by atoms with van der Waals surface area (Å²) in [6.07, 6.45) is 3.22. The fourth-order valence-electron chi connectivity index (χ4n) is 3.02. The molecule has 0 fully saturated rings. The number of benzene rings is 1. The average molecular weight is 310 g/mol. The van der Waals surface area contributed by atoms with Gasteiger partial charge in [-0.15, -0.1) is 0 Å². The van der Waals surface area contributed by atoms with Crippen molar-refractivity contribution in [1.29, 1.82) is 0 Å². The molecule has 0 saturated heterocycles. The number of H-pyrrole nitrogens is 1. The first-order valence-electron chi connectivity index (χ1n) is 7.79. The summed E-state index contributed by atoms with van der Waals surface area (Å²) in [5.74, 6) is 2.49. The van der Waals surface area contributed by atoms with Crippen LogP contribution in [0.25, 0.3) is 23.0 Å². The molecule has 0 saturated carbocycles.